The van der Waals surface area contributed by atoms with Crippen molar-refractivity contribution < 1.29 is 0 Å². The van der Waals surface area contributed by atoms with Crippen molar-refractivity contribution in [1.29, 1.82) is 0 Å². The van der Waals surface area contributed by atoms with Crippen molar-refractivity contribution >= 4 is 5.65 Å². The topological polar surface area (TPSA) is 77.1 Å². The van der Waals surface area contributed by atoms with Crippen LogP contribution in [0.1, 0.15) is 5.69 Å². The van der Waals surface area contributed by atoms with E-state index in [1.165, 1.54) is 4.40 Å². The van der Waals surface area contributed by atoms with Gasteiger partial charge in [0, 0.05) is 31.5 Å². The van der Waals surface area contributed by atoms with Gasteiger partial charge in [0.2, 0.25) is 0 Å². The first-order valence-corrected chi connectivity index (χ1v) is 6.35. The molecule has 3 aromatic rings. The minimum Gasteiger partial charge on any atom is -0.309 e. The number of rotatable bonds is 5. The minimum absolute atomic E-state index is 0.0660. The van der Waals surface area contributed by atoms with Crippen LogP contribution in [0.4, 0.5) is 0 Å². The fraction of sp³-hybridized carbons (Fsp3) is 0.231. The van der Waals surface area contributed by atoms with Crippen molar-refractivity contribution in [1.82, 2.24) is 29.7 Å². The van der Waals surface area contributed by atoms with Gasteiger partial charge in [0.25, 0.3) is 5.56 Å². The number of hydrogen-bond donors (Lipinski definition) is 1. The zero-order valence-corrected chi connectivity index (χ0v) is 10.8. The van der Waals surface area contributed by atoms with E-state index in [-0.39, 0.29) is 5.56 Å². The van der Waals surface area contributed by atoms with E-state index < -0.39 is 0 Å². The summed E-state index contributed by atoms with van der Waals surface area (Å²) in [7, 11) is 0. The van der Waals surface area contributed by atoms with Gasteiger partial charge in [0.05, 0.1) is 18.4 Å². The lowest BCUT2D eigenvalue weighted by atomic mass is 10.3. The molecule has 0 unspecified atom stereocenters. The summed E-state index contributed by atoms with van der Waals surface area (Å²) in [4.78, 5) is 16.3. The molecule has 102 valence electrons. The van der Waals surface area contributed by atoms with Crippen molar-refractivity contribution in [3.63, 3.8) is 0 Å². The van der Waals surface area contributed by atoms with Crippen LogP contribution in [0, 0.1) is 0 Å². The number of fused-ring (bicyclic) bond motifs is 1. The zero-order chi connectivity index (χ0) is 13.8. The van der Waals surface area contributed by atoms with Crippen LogP contribution in [0.2, 0.25) is 0 Å². The van der Waals surface area contributed by atoms with Crippen molar-refractivity contribution in [2.24, 2.45) is 0 Å². The maximum absolute atomic E-state index is 11.9. The number of pyridine rings is 1. The Balaban J connectivity index is 1.64. The molecule has 0 spiro atoms. The van der Waals surface area contributed by atoms with Gasteiger partial charge in [-0.1, -0.05) is 11.3 Å². The fourth-order valence-corrected chi connectivity index (χ4v) is 1.96. The first-order chi connectivity index (χ1) is 9.83. The summed E-state index contributed by atoms with van der Waals surface area (Å²) in [5, 5.41) is 10.8. The first kappa shape index (κ1) is 12.5. The molecule has 0 aliphatic carbocycles. The number of aromatic nitrogens is 5. The van der Waals surface area contributed by atoms with Crippen LogP contribution < -0.4 is 10.9 Å². The van der Waals surface area contributed by atoms with E-state index >= 15 is 0 Å². The van der Waals surface area contributed by atoms with Gasteiger partial charge in [-0.2, -0.15) is 0 Å². The molecule has 0 saturated carbocycles. The Morgan fingerprint density at radius 2 is 2.20 bits per heavy atom. The van der Waals surface area contributed by atoms with Gasteiger partial charge >= 0.3 is 0 Å². The second kappa shape index (κ2) is 5.62. The first-order valence-electron chi connectivity index (χ1n) is 6.35. The molecular weight excluding hydrogens is 256 g/mol. The minimum atomic E-state index is -0.0660. The molecule has 0 aromatic carbocycles. The predicted octanol–water partition coefficient (Wildman–Crippen LogP) is 0.0758. The molecule has 7 nitrogen and oxygen atoms in total. The van der Waals surface area contributed by atoms with Crippen LogP contribution in [-0.2, 0) is 13.1 Å². The van der Waals surface area contributed by atoms with E-state index in [1.54, 1.807) is 23.1 Å². The van der Waals surface area contributed by atoms with Crippen LogP contribution >= 0.6 is 0 Å². The van der Waals surface area contributed by atoms with E-state index in [4.69, 9.17) is 0 Å². The smallest absolute Gasteiger partial charge is 0.258 e. The summed E-state index contributed by atoms with van der Waals surface area (Å²) in [6, 6.07) is 7.05. The van der Waals surface area contributed by atoms with Gasteiger partial charge in [0.1, 0.15) is 5.65 Å². The predicted molar refractivity (Wildman–Crippen MR) is 73.2 cm³/mol. The lowest BCUT2D eigenvalue weighted by molar-refractivity contribution is 0.537. The highest BCUT2D eigenvalue weighted by Crippen LogP contribution is 1.98. The second-order valence-electron chi connectivity index (χ2n) is 4.36. The van der Waals surface area contributed by atoms with Crippen LogP contribution in [0.15, 0.2) is 47.7 Å². The Bertz CT molecular complexity index is 749. The fourth-order valence-electron chi connectivity index (χ4n) is 1.96. The van der Waals surface area contributed by atoms with Gasteiger partial charge in [-0.25, -0.2) is 4.98 Å². The molecule has 1 N–H and O–H groups in total. The summed E-state index contributed by atoms with van der Waals surface area (Å²) in [5.41, 5.74) is 1.33. The lowest BCUT2D eigenvalue weighted by Gasteiger charge is -2.05. The normalized spacial score (nSPS) is 11.0. The molecule has 0 aliphatic heterocycles. The van der Waals surface area contributed by atoms with Crippen LogP contribution in [0.5, 0.6) is 0 Å². The zero-order valence-electron chi connectivity index (χ0n) is 10.8. The Labute approximate surface area is 114 Å². The summed E-state index contributed by atoms with van der Waals surface area (Å²) >= 11 is 0. The Hall–Kier alpha value is -2.54. The van der Waals surface area contributed by atoms with Gasteiger partial charge in [-0.15, -0.1) is 5.10 Å². The van der Waals surface area contributed by atoms with E-state index in [0.29, 0.717) is 12.2 Å². The van der Waals surface area contributed by atoms with Gasteiger partial charge < -0.3 is 5.32 Å². The molecule has 0 atom stereocenters. The number of nitrogens with one attached hydrogen (secondary N) is 1. The summed E-state index contributed by atoms with van der Waals surface area (Å²) in [6.07, 6.45) is 5.17. The molecule has 7 heteroatoms. The van der Waals surface area contributed by atoms with Crippen molar-refractivity contribution in [2.75, 3.05) is 6.54 Å². The second-order valence-corrected chi connectivity index (χ2v) is 4.36. The van der Waals surface area contributed by atoms with Gasteiger partial charge in [0.15, 0.2) is 0 Å². The number of nitrogens with zero attached hydrogens (tertiary/aromatic N) is 5. The maximum Gasteiger partial charge on any atom is 0.258 e. The number of hydrogen-bond acceptors (Lipinski definition) is 5. The molecule has 20 heavy (non-hydrogen) atoms. The van der Waals surface area contributed by atoms with Crippen LogP contribution in [0.3, 0.4) is 0 Å². The highest BCUT2D eigenvalue weighted by Gasteiger charge is 2.01. The van der Waals surface area contributed by atoms with Crippen LogP contribution in [-0.4, -0.2) is 30.9 Å². The third-order valence-electron chi connectivity index (χ3n) is 2.92. The molecule has 0 radical (unpaired) electrons. The Kier molecular flexibility index (Phi) is 3.51. The van der Waals surface area contributed by atoms with E-state index in [9.17, 15) is 4.79 Å². The van der Waals surface area contributed by atoms with Crippen molar-refractivity contribution in [3.05, 3.63) is 58.9 Å². The SMILES string of the molecule is O=c1cc(CNCCn2ccnn2)nc2ccccn12. The molecule has 0 bridgehead atoms. The Morgan fingerprint density at radius 3 is 3.05 bits per heavy atom. The summed E-state index contributed by atoms with van der Waals surface area (Å²) < 4.78 is 3.27. The Morgan fingerprint density at radius 1 is 1.25 bits per heavy atom. The van der Waals surface area contributed by atoms with Crippen molar-refractivity contribution in [2.45, 2.75) is 13.1 Å². The molecular formula is C13H14N6O. The average molecular weight is 270 g/mol. The monoisotopic (exact) mass is 270 g/mol. The van der Waals surface area contributed by atoms with E-state index in [1.807, 2.05) is 24.4 Å². The average Bonchev–Trinajstić information content (AvgIpc) is 2.97. The quantitative estimate of drug-likeness (QED) is 0.664. The van der Waals surface area contributed by atoms with Crippen molar-refractivity contribution in [3.8, 4) is 0 Å². The largest absolute Gasteiger partial charge is 0.309 e. The third kappa shape index (κ3) is 2.72. The molecule has 0 amide bonds. The van der Waals surface area contributed by atoms with Gasteiger partial charge in [-0.05, 0) is 12.1 Å². The van der Waals surface area contributed by atoms with E-state index in [2.05, 4.69) is 20.6 Å². The molecule has 3 rings (SSSR count). The third-order valence-corrected chi connectivity index (χ3v) is 2.92. The molecule has 0 saturated heterocycles. The van der Waals surface area contributed by atoms with Crippen LogP contribution in [0.25, 0.3) is 5.65 Å². The molecule has 3 aromatic heterocycles. The summed E-state index contributed by atoms with van der Waals surface area (Å²) in [6.45, 7) is 2.01. The van der Waals surface area contributed by atoms with Gasteiger partial charge in [-0.3, -0.25) is 13.9 Å². The highest BCUT2D eigenvalue weighted by atomic mass is 16.1. The highest BCUT2D eigenvalue weighted by molar-refractivity contribution is 5.37. The lowest BCUT2D eigenvalue weighted by Crippen LogP contribution is -2.23. The summed E-state index contributed by atoms with van der Waals surface area (Å²) in [5.74, 6) is 0. The molecule has 0 aliphatic rings. The molecule has 3 heterocycles. The standard InChI is InChI=1S/C13H14N6O/c20-13-9-11(16-12-3-1-2-6-19(12)13)10-14-4-7-18-8-5-15-17-18/h1-3,5-6,8-9,14H,4,7,10H2. The maximum atomic E-state index is 11.9. The van der Waals surface area contributed by atoms with E-state index in [0.717, 1.165) is 18.8 Å². The molecule has 0 fully saturated rings.